The Balaban J connectivity index is 0.00000420. The first kappa shape index (κ1) is 30.4. The van der Waals surface area contributed by atoms with Crippen LogP contribution >= 0.6 is 0 Å². The van der Waals surface area contributed by atoms with E-state index in [9.17, 15) is 4.79 Å². The number of hydrogen-bond donors (Lipinski definition) is 0. The van der Waals surface area contributed by atoms with Gasteiger partial charge in [-0.05, 0) is 101 Å². The summed E-state index contributed by atoms with van der Waals surface area (Å²) in [5.74, 6) is 2.07. The maximum Gasteiger partial charge on any atom is 0.163 e. The zero-order valence-electron chi connectivity index (χ0n) is 23.8. The van der Waals surface area contributed by atoms with E-state index < -0.39 is 0 Å². The molecule has 4 rings (SSSR count). The molecular formula is C38H48O. The molecule has 1 nitrogen and oxygen atoms in total. The Morgan fingerprint density at radius 3 is 2.26 bits per heavy atom. The largest absolute Gasteiger partial charge is 0.294 e. The van der Waals surface area contributed by atoms with E-state index in [0.717, 1.165) is 40.2 Å². The number of allylic oxidation sites excluding steroid dienone is 8. The van der Waals surface area contributed by atoms with Crippen LogP contribution in [0.2, 0.25) is 0 Å². The van der Waals surface area contributed by atoms with Gasteiger partial charge in [0.05, 0.1) is 5.92 Å². The van der Waals surface area contributed by atoms with Crippen molar-refractivity contribution in [3.63, 3.8) is 0 Å². The second-order valence-corrected chi connectivity index (χ2v) is 11.9. The summed E-state index contributed by atoms with van der Waals surface area (Å²) < 4.78 is 0. The maximum absolute atomic E-state index is 12.9. The highest BCUT2D eigenvalue weighted by Gasteiger charge is 2.26. The van der Waals surface area contributed by atoms with Gasteiger partial charge in [-0.15, -0.1) is 0 Å². The Morgan fingerprint density at radius 1 is 0.974 bits per heavy atom. The maximum atomic E-state index is 12.9. The Morgan fingerprint density at radius 2 is 1.62 bits per heavy atom. The number of carbonyl (C=O) groups excluding carboxylic acids is 1. The Labute approximate surface area is 238 Å². The molecule has 206 valence electrons. The lowest BCUT2D eigenvalue weighted by Crippen LogP contribution is -2.22. The second-order valence-electron chi connectivity index (χ2n) is 11.9. The summed E-state index contributed by atoms with van der Waals surface area (Å²) in [5.41, 5.74) is 9.29. The Bertz CT molecular complexity index is 1260. The molecule has 1 fully saturated rings. The van der Waals surface area contributed by atoms with Crippen LogP contribution in [0, 0.1) is 17.8 Å². The second kappa shape index (κ2) is 13.7. The first-order valence-electron chi connectivity index (χ1n) is 14.4. The Kier molecular flexibility index (Phi) is 10.7. The van der Waals surface area contributed by atoms with E-state index in [-0.39, 0.29) is 19.1 Å². The van der Waals surface area contributed by atoms with Crippen molar-refractivity contribution in [2.24, 2.45) is 17.8 Å². The van der Waals surface area contributed by atoms with Crippen LogP contribution in [0.15, 0.2) is 103 Å². The number of benzene rings is 2. The van der Waals surface area contributed by atoms with E-state index in [0.29, 0.717) is 18.3 Å². The van der Waals surface area contributed by atoms with Gasteiger partial charge in [0.25, 0.3) is 0 Å². The van der Waals surface area contributed by atoms with Crippen molar-refractivity contribution in [1.29, 1.82) is 0 Å². The van der Waals surface area contributed by atoms with Crippen LogP contribution in [0.4, 0.5) is 0 Å². The zero-order chi connectivity index (χ0) is 27.2. The minimum absolute atomic E-state index is 0. The van der Waals surface area contributed by atoms with E-state index in [1.807, 2.05) is 6.08 Å². The standard InChI is InChI=1S/C37H44O.CH4/c1-25(2)23-34-9-7-8-10-35(34)24-36-29(6)31(21-22-37(36)38)16-13-27(4)28(5)30-17-19-33(20-18-30)32-14-11-26(3)12-15-32;/h7-10,13,16-22,25-26,32,36H,5-6,11-12,14-15,23-24H2,1-4H3;1H4/b27-13+,31-16-;. The molecule has 39 heavy (non-hydrogen) atoms. The highest BCUT2D eigenvalue weighted by atomic mass is 16.1. The highest BCUT2D eigenvalue weighted by molar-refractivity contribution is 5.97. The summed E-state index contributed by atoms with van der Waals surface area (Å²) in [4.78, 5) is 12.9. The molecule has 0 radical (unpaired) electrons. The predicted molar refractivity (Wildman–Crippen MR) is 170 cm³/mol. The number of carbonyl (C=O) groups is 1. The molecule has 1 unspecified atom stereocenters. The summed E-state index contributed by atoms with van der Waals surface area (Å²) in [7, 11) is 0. The average Bonchev–Trinajstić information content (AvgIpc) is 2.91. The molecule has 0 amide bonds. The minimum Gasteiger partial charge on any atom is -0.294 e. The zero-order valence-corrected chi connectivity index (χ0v) is 23.8. The third-order valence-corrected chi connectivity index (χ3v) is 8.47. The van der Waals surface area contributed by atoms with Gasteiger partial charge in [-0.2, -0.15) is 0 Å². The molecule has 2 aliphatic rings. The highest BCUT2D eigenvalue weighted by Crippen LogP contribution is 2.36. The number of rotatable bonds is 8. The first-order valence-corrected chi connectivity index (χ1v) is 14.4. The molecule has 0 bridgehead atoms. The van der Waals surface area contributed by atoms with Gasteiger partial charge in [-0.25, -0.2) is 0 Å². The molecule has 1 saturated carbocycles. The number of ketones is 1. The van der Waals surface area contributed by atoms with E-state index >= 15 is 0 Å². The monoisotopic (exact) mass is 520 g/mol. The van der Waals surface area contributed by atoms with E-state index in [1.54, 1.807) is 6.08 Å². The molecule has 0 saturated heterocycles. The molecule has 0 heterocycles. The average molecular weight is 521 g/mol. The van der Waals surface area contributed by atoms with Crippen molar-refractivity contribution in [3.05, 3.63) is 125 Å². The summed E-state index contributed by atoms with van der Waals surface area (Å²) in [5, 5.41) is 0. The van der Waals surface area contributed by atoms with Gasteiger partial charge in [0.2, 0.25) is 0 Å². The van der Waals surface area contributed by atoms with Crippen LogP contribution in [-0.4, -0.2) is 5.78 Å². The molecule has 2 aliphatic carbocycles. The summed E-state index contributed by atoms with van der Waals surface area (Å²) in [6, 6.07) is 17.6. The first-order chi connectivity index (χ1) is 18.2. The SMILES string of the molecule is C.C=C(/C(C)=C/C=C1/C=CC(=O)C(Cc2ccccc2CC(C)C)C1=C)c1ccc(C2CCC(C)CC2)cc1. The molecule has 0 N–H and O–H groups in total. The van der Waals surface area contributed by atoms with Gasteiger partial charge in [0.1, 0.15) is 0 Å². The molecule has 0 aromatic heterocycles. The molecule has 1 heteroatoms. The van der Waals surface area contributed by atoms with Crippen molar-refractivity contribution in [1.82, 2.24) is 0 Å². The van der Waals surface area contributed by atoms with E-state index in [1.165, 1.54) is 42.4 Å². The number of hydrogen-bond acceptors (Lipinski definition) is 1. The van der Waals surface area contributed by atoms with Crippen LogP contribution in [-0.2, 0) is 17.6 Å². The lowest BCUT2D eigenvalue weighted by molar-refractivity contribution is -0.117. The van der Waals surface area contributed by atoms with Crippen molar-refractivity contribution >= 4 is 11.4 Å². The summed E-state index contributed by atoms with van der Waals surface area (Å²) in [6.45, 7) is 17.7. The van der Waals surface area contributed by atoms with Crippen LogP contribution in [0.5, 0.6) is 0 Å². The van der Waals surface area contributed by atoms with Crippen molar-refractivity contribution in [3.8, 4) is 0 Å². The quantitative estimate of drug-likeness (QED) is 0.316. The molecule has 0 aliphatic heterocycles. The topological polar surface area (TPSA) is 17.1 Å². The van der Waals surface area contributed by atoms with Crippen molar-refractivity contribution in [2.75, 3.05) is 0 Å². The van der Waals surface area contributed by atoms with Gasteiger partial charge < -0.3 is 0 Å². The van der Waals surface area contributed by atoms with Gasteiger partial charge in [0, 0.05) is 0 Å². The summed E-state index contributed by atoms with van der Waals surface area (Å²) >= 11 is 0. The van der Waals surface area contributed by atoms with Crippen molar-refractivity contribution < 1.29 is 4.79 Å². The smallest absolute Gasteiger partial charge is 0.163 e. The van der Waals surface area contributed by atoms with Gasteiger partial charge in [0.15, 0.2) is 5.78 Å². The fourth-order valence-electron chi connectivity index (χ4n) is 5.86. The Hall–Kier alpha value is -3.19. The molecule has 2 aromatic carbocycles. The molecular weight excluding hydrogens is 472 g/mol. The third kappa shape index (κ3) is 7.69. The van der Waals surface area contributed by atoms with Crippen LogP contribution in [0.1, 0.15) is 89.0 Å². The van der Waals surface area contributed by atoms with Gasteiger partial charge in [-0.3, -0.25) is 4.79 Å². The van der Waals surface area contributed by atoms with Gasteiger partial charge in [-0.1, -0.05) is 121 Å². The minimum atomic E-state index is -0.216. The lowest BCUT2D eigenvalue weighted by atomic mass is 9.79. The normalized spacial score (nSPS) is 22.7. The predicted octanol–water partition coefficient (Wildman–Crippen LogP) is 10.3. The summed E-state index contributed by atoms with van der Waals surface area (Å²) in [6.07, 6.45) is 14.8. The van der Waals surface area contributed by atoms with Crippen LogP contribution < -0.4 is 0 Å². The fourth-order valence-corrected chi connectivity index (χ4v) is 5.86. The van der Waals surface area contributed by atoms with Gasteiger partial charge >= 0.3 is 0 Å². The third-order valence-electron chi connectivity index (χ3n) is 8.47. The van der Waals surface area contributed by atoms with E-state index in [2.05, 4.69) is 102 Å². The van der Waals surface area contributed by atoms with E-state index in [4.69, 9.17) is 0 Å². The molecule has 1 atom stereocenters. The van der Waals surface area contributed by atoms with Crippen LogP contribution in [0.25, 0.3) is 5.57 Å². The molecule has 2 aromatic rings. The molecule has 0 spiro atoms. The van der Waals surface area contributed by atoms with Crippen molar-refractivity contribution in [2.45, 2.75) is 79.6 Å². The fraction of sp³-hybridized carbons (Fsp3) is 0.395. The van der Waals surface area contributed by atoms with Crippen LogP contribution in [0.3, 0.4) is 0 Å². The lowest BCUT2D eigenvalue weighted by Gasteiger charge is -2.26.